The highest BCUT2D eigenvalue weighted by Gasteiger charge is 2.40. The molecule has 0 saturated carbocycles. The number of anilines is 2. The van der Waals surface area contributed by atoms with Gasteiger partial charge in [0.05, 0.1) is 17.9 Å². The summed E-state index contributed by atoms with van der Waals surface area (Å²) in [5.74, 6) is 0.0385. The molecular weight excluding hydrogens is 400 g/mol. The van der Waals surface area contributed by atoms with E-state index in [1.807, 2.05) is 88.4 Å². The van der Waals surface area contributed by atoms with Gasteiger partial charge in [-0.2, -0.15) is 0 Å². The quantitative estimate of drug-likeness (QED) is 0.536. The van der Waals surface area contributed by atoms with Gasteiger partial charge < -0.3 is 10.1 Å². The second-order valence-corrected chi connectivity index (χ2v) is 7.92. The standard InChI is InChI=1S/C27H26N2O3/c1-5-32-23-13-11-21(12-14-23)28-25-24(20-10-9-18(3)19(4)16-20)26(30)29(27(25)31)22-8-6-7-17(2)15-22/h6-16,28H,5H2,1-4H3. The van der Waals surface area contributed by atoms with Gasteiger partial charge in [-0.25, -0.2) is 4.90 Å². The van der Waals surface area contributed by atoms with Crippen molar-refractivity contribution in [1.82, 2.24) is 0 Å². The van der Waals surface area contributed by atoms with Crippen molar-refractivity contribution in [2.24, 2.45) is 0 Å². The summed E-state index contributed by atoms with van der Waals surface area (Å²) in [4.78, 5) is 28.3. The highest BCUT2D eigenvalue weighted by molar-refractivity contribution is 6.46. The van der Waals surface area contributed by atoms with Crippen molar-refractivity contribution in [2.45, 2.75) is 27.7 Å². The topological polar surface area (TPSA) is 58.6 Å². The van der Waals surface area contributed by atoms with Crippen LogP contribution in [0.25, 0.3) is 5.57 Å². The molecule has 0 aromatic heterocycles. The number of amides is 2. The number of carbonyl (C=O) groups excluding carboxylic acids is 2. The fraction of sp³-hybridized carbons (Fsp3) is 0.185. The van der Waals surface area contributed by atoms with Crippen molar-refractivity contribution in [3.63, 3.8) is 0 Å². The maximum absolute atomic E-state index is 13.6. The summed E-state index contributed by atoms with van der Waals surface area (Å²) in [7, 11) is 0. The first kappa shape index (κ1) is 21.4. The van der Waals surface area contributed by atoms with E-state index in [-0.39, 0.29) is 17.5 Å². The molecule has 0 bridgehead atoms. The van der Waals surface area contributed by atoms with Crippen LogP contribution >= 0.6 is 0 Å². The number of benzene rings is 3. The van der Waals surface area contributed by atoms with Gasteiger partial charge in [0.15, 0.2) is 0 Å². The van der Waals surface area contributed by atoms with Crippen LogP contribution < -0.4 is 15.0 Å². The minimum atomic E-state index is -0.372. The van der Waals surface area contributed by atoms with Gasteiger partial charge in [0, 0.05) is 5.69 Å². The number of ether oxygens (including phenoxy) is 1. The average Bonchev–Trinajstić information content (AvgIpc) is 3.01. The molecule has 1 aliphatic rings. The summed E-state index contributed by atoms with van der Waals surface area (Å²) in [6.45, 7) is 8.46. The van der Waals surface area contributed by atoms with Gasteiger partial charge in [-0.3, -0.25) is 9.59 Å². The lowest BCUT2D eigenvalue weighted by Crippen LogP contribution is -2.32. The first-order valence-corrected chi connectivity index (χ1v) is 10.7. The van der Waals surface area contributed by atoms with Crippen LogP contribution in [0.5, 0.6) is 5.75 Å². The number of carbonyl (C=O) groups is 2. The van der Waals surface area contributed by atoms with Gasteiger partial charge in [-0.05, 0) is 86.3 Å². The van der Waals surface area contributed by atoms with Crippen LogP contribution in [0.15, 0.2) is 72.4 Å². The zero-order valence-corrected chi connectivity index (χ0v) is 18.7. The van der Waals surface area contributed by atoms with Crippen molar-refractivity contribution < 1.29 is 14.3 Å². The lowest BCUT2D eigenvalue weighted by atomic mass is 9.99. The van der Waals surface area contributed by atoms with Crippen LogP contribution in [0.3, 0.4) is 0 Å². The van der Waals surface area contributed by atoms with Gasteiger partial charge in [-0.15, -0.1) is 0 Å². The van der Waals surface area contributed by atoms with Crippen LogP contribution in [0.4, 0.5) is 11.4 Å². The van der Waals surface area contributed by atoms with E-state index in [0.717, 1.165) is 28.0 Å². The maximum atomic E-state index is 13.6. The van der Waals surface area contributed by atoms with Gasteiger partial charge in [-0.1, -0.05) is 30.3 Å². The average molecular weight is 427 g/mol. The van der Waals surface area contributed by atoms with E-state index in [4.69, 9.17) is 4.74 Å². The third kappa shape index (κ3) is 4.02. The predicted octanol–water partition coefficient (Wildman–Crippen LogP) is 5.41. The van der Waals surface area contributed by atoms with Gasteiger partial charge >= 0.3 is 0 Å². The molecule has 5 heteroatoms. The van der Waals surface area contributed by atoms with Gasteiger partial charge in [0.1, 0.15) is 11.4 Å². The summed E-state index contributed by atoms with van der Waals surface area (Å²) in [6.07, 6.45) is 0. The van der Waals surface area contributed by atoms with Crippen molar-refractivity contribution >= 4 is 28.8 Å². The molecule has 0 aliphatic carbocycles. The molecule has 5 nitrogen and oxygen atoms in total. The van der Waals surface area contributed by atoms with Crippen LogP contribution in [-0.2, 0) is 9.59 Å². The Hall–Kier alpha value is -3.86. The van der Waals surface area contributed by atoms with Crippen molar-refractivity contribution in [3.8, 4) is 5.75 Å². The lowest BCUT2D eigenvalue weighted by molar-refractivity contribution is -0.120. The molecule has 0 unspecified atom stereocenters. The molecular formula is C27H26N2O3. The van der Waals surface area contributed by atoms with Crippen molar-refractivity contribution in [2.75, 3.05) is 16.8 Å². The number of hydrogen-bond acceptors (Lipinski definition) is 4. The Labute approximate surface area is 188 Å². The molecule has 4 rings (SSSR count). The number of hydrogen-bond donors (Lipinski definition) is 1. The highest BCUT2D eigenvalue weighted by atomic mass is 16.5. The van der Waals surface area contributed by atoms with Crippen LogP contribution in [0.1, 0.15) is 29.2 Å². The summed E-state index contributed by atoms with van der Waals surface area (Å²) in [6, 6.07) is 20.6. The molecule has 0 atom stereocenters. The first-order valence-electron chi connectivity index (χ1n) is 10.7. The molecule has 0 radical (unpaired) electrons. The first-order chi connectivity index (χ1) is 15.4. The Morgan fingerprint density at radius 1 is 0.844 bits per heavy atom. The maximum Gasteiger partial charge on any atom is 0.282 e. The molecule has 2 amide bonds. The molecule has 1 N–H and O–H groups in total. The molecule has 32 heavy (non-hydrogen) atoms. The van der Waals surface area contributed by atoms with E-state index < -0.39 is 0 Å². The number of nitrogens with one attached hydrogen (secondary N) is 1. The molecule has 3 aromatic rings. The summed E-state index contributed by atoms with van der Waals surface area (Å²) in [5.41, 5.74) is 5.78. The largest absolute Gasteiger partial charge is 0.494 e. The van der Waals surface area contributed by atoms with E-state index >= 15 is 0 Å². The predicted molar refractivity (Wildman–Crippen MR) is 128 cm³/mol. The Kier molecular flexibility index (Phi) is 5.82. The highest BCUT2D eigenvalue weighted by Crippen LogP contribution is 2.34. The fourth-order valence-electron chi connectivity index (χ4n) is 3.76. The van der Waals surface area contributed by atoms with Gasteiger partial charge in [0.25, 0.3) is 11.8 Å². The van der Waals surface area contributed by atoms with E-state index in [9.17, 15) is 9.59 Å². The number of rotatable bonds is 6. The summed E-state index contributed by atoms with van der Waals surface area (Å²) >= 11 is 0. The van der Waals surface area contributed by atoms with Crippen LogP contribution in [0, 0.1) is 20.8 Å². The third-order valence-corrected chi connectivity index (χ3v) is 5.57. The number of aryl methyl sites for hydroxylation is 3. The smallest absolute Gasteiger partial charge is 0.282 e. The molecule has 1 aliphatic heterocycles. The Morgan fingerprint density at radius 2 is 1.59 bits per heavy atom. The van der Waals surface area contributed by atoms with Crippen LogP contribution in [-0.4, -0.2) is 18.4 Å². The Bertz CT molecular complexity index is 1230. The minimum Gasteiger partial charge on any atom is -0.494 e. The van der Waals surface area contributed by atoms with E-state index in [0.29, 0.717) is 23.6 Å². The number of imide groups is 1. The zero-order valence-electron chi connectivity index (χ0n) is 18.7. The van der Waals surface area contributed by atoms with Crippen molar-refractivity contribution in [1.29, 1.82) is 0 Å². The van der Waals surface area contributed by atoms with Crippen LogP contribution in [0.2, 0.25) is 0 Å². The normalized spacial score (nSPS) is 13.7. The number of nitrogens with zero attached hydrogens (tertiary/aromatic N) is 1. The molecule has 162 valence electrons. The van der Waals surface area contributed by atoms with Gasteiger partial charge in [0.2, 0.25) is 0 Å². The lowest BCUT2D eigenvalue weighted by Gasteiger charge is -2.16. The zero-order chi connectivity index (χ0) is 22.8. The molecule has 3 aromatic carbocycles. The molecule has 0 saturated heterocycles. The van der Waals surface area contributed by atoms with Crippen molar-refractivity contribution in [3.05, 3.63) is 94.7 Å². The summed E-state index contributed by atoms with van der Waals surface area (Å²) < 4.78 is 5.50. The third-order valence-electron chi connectivity index (χ3n) is 5.57. The molecule has 0 fully saturated rings. The van der Waals surface area contributed by atoms with E-state index in [1.165, 1.54) is 4.90 Å². The Balaban J connectivity index is 1.79. The van der Waals surface area contributed by atoms with E-state index in [2.05, 4.69) is 5.32 Å². The summed E-state index contributed by atoms with van der Waals surface area (Å²) in [5, 5.41) is 3.20. The SMILES string of the molecule is CCOc1ccc(NC2=C(c3ccc(C)c(C)c3)C(=O)N(c3cccc(C)c3)C2=O)cc1. The Morgan fingerprint density at radius 3 is 2.25 bits per heavy atom. The fourth-order valence-corrected chi connectivity index (χ4v) is 3.76. The molecule has 0 spiro atoms. The monoisotopic (exact) mass is 426 g/mol. The van der Waals surface area contributed by atoms with E-state index in [1.54, 1.807) is 6.07 Å². The second kappa shape index (κ2) is 8.71. The minimum absolute atomic E-state index is 0.268. The second-order valence-electron chi connectivity index (χ2n) is 7.92. The molecule has 1 heterocycles.